The maximum absolute atomic E-state index is 12.5. The molecule has 0 saturated heterocycles. The lowest BCUT2D eigenvalue weighted by Crippen LogP contribution is -2.32. The Bertz CT molecular complexity index is 505. The minimum Gasteiger partial charge on any atom is -0.497 e. The van der Waals surface area contributed by atoms with E-state index >= 15 is 0 Å². The van der Waals surface area contributed by atoms with Gasteiger partial charge in [-0.05, 0) is 25.5 Å². The Hall–Kier alpha value is -1.36. The van der Waals surface area contributed by atoms with Gasteiger partial charge in [0.1, 0.15) is 11.5 Å². The van der Waals surface area contributed by atoms with E-state index < -0.39 is 6.61 Å². The van der Waals surface area contributed by atoms with Crippen molar-refractivity contribution in [3.63, 3.8) is 0 Å². The molecule has 0 aliphatic heterocycles. The van der Waals surface area contributed by atoms with E-state index in [2.05, 4.69) is 15.0 Å². The highest BCUT2D eigenvalue weighted by molar-refractivity contribution is 14.0. The van der Waals surface area contributed by atoms with Gasteiger partial charge in [-0.2, -0.15) is 8.78 Å². The van der Waals surface area contributed by atoms with Gasteiger partial charge in [0, 0.05) is 31.4 Å². The summed E-state index contributed by atoms with van der Waals surface area (Å²) < 4.78 is 39.6. The van der Waals surface area contributed by atoms with Crippen LogP contribution in [0.4, 0.5) is 8.78 Å². The van der Waals surface area contributed by atoms with Crippen LogP contribution < -0.4 is 20.5 Å². The number of nitrogens with one attached hydrogen (secondary N) is 1. The van der Waals surface area contributed by atoms with Gasteiger partial charge in [0.15, 0.2) is 5.96 Å². The summed E-state index contributed by atoms with van der Waals surface area (Å²) in [7, 11) is 1.45. The third kappa shape index (κ3) is 9.06. The number of halogens is 3. The molecule has 0 atom stereocenters. The van der Waals surface area contributed by atoms with Gasteiger partial charge in [0.25, 0.3) is 0 Å². The maximum atomic E-state index is 12.5. The predicted molar refractivity (Wildman–Crippen MR) is 99.5 cm³/mol. The molecule has 1 aromatic carbocycles. The van der Waals surface area contributed by atoms with Crippen molar-refractivity contribution in [2.45, 2.75) is 26.5 Å². The quantitative estimate of drug-likeness (QED) is 0.244. The third-order valence-corrected chi connectivity index (χ3v) is 2.89. The molecule has 9 heteroatoms. The zero-order valence-corrected chi connectivity index (χ0v) is 16.1. The lowest BCUT2D eigenvalue weighted by atomic mass is 10.2. The second kappa shape index (κ2) is 13.0. The third-order valence-electron chi connectivity index (χ3n) is 2.89. The maximum Gasteiger partial charge on any atom is 0.387 e. The molecule has 0 heterocycles. The van der Waals surface area contributed by atoms with Gasteiger partial charge < -0.3 is 25.3 Å². The minimum absolute atomic E-state index is 0. The summed E-state index contributed by atoms with van der Waals surface area (Å²) >= 11 is 0. The normalized spacial score (nSPS) is 11.1. The molecule has 0 aliphatic rings. The Labute approximate surface area is 157 Å². The fourth-order valence-corrected chi connectivity index (χ4v) is 1.76. The highest BCUT2D eigenvalue weighted by Gasteiger charge is 2.11. The molecule has 0 spiro atoms. The molecule has 1 aromatic rings. The highest BCUT2D eigenvalue weighted by Crippen LogP contribution is 2.26. The summed E-state index contributed by atoms with van der Waals surface area (Å²) in [6.07, 6.45) is 0.798. The van der Waals surface area contributed by atoms with Crippen molar-refractivity contribution >= 4 is 29.9 Å². The van der Waals surface area contributed by atoms with E-state index in [1.165, 1.54) is 13.2 Å². The van der Waals surface area contributed by atoms with E-state index in [4.69, 9.17) is 15.2 Å². The number of methoxy groups -OCH3 is 1. The Morgan fingerprint density at radius 1 is 1.38 bits per heavy atom. The average Bonchev–Trinajstić information content (AvgIpc) is 2.52. The predicted octanol–water partition coefficient (Wildman–Crippen LogP) is 2.75. The molecule has 1 rings (SSSR count). The molecule has 24 heavy (non-hydrogen) atoms. The van der Waals surface area contributed by atoms with Crippen LogP contribution in [0.1, 0.15) is 18.9 Å². The SMILES string of the molecule is CCOCCCNC(N)=NCc1ccc(OC)cc1OC(F)F.I. The summed E-state index contributed by atoms with van der Waals surface area (Å²) in [6.45, 7) is 1.07. The summed E-state index contributed by atoms with van der Waals surface area (Å²) in [5.74, 6) is 0.683. The first-order valence-corrected chi connectivity index (χ1v) is 7.30. The monoisotopic (exact) mass is 459 g/mol. The molecule has 0 radical (unpaired) electrons. The lowest BCUT2D eigenvalue weighted by Gasteiger charge is -2.11. The van der Waals surface area contributed by atoms with Gasteiger partial charge in [-0.1, -0.05) is 0 Å². The van der Waals surface area contributed by atoms with Crippen molar-refractivity contribution < 1.29 is 23.0 Å². The topological polar surface area (TPSA) is 78.1 Å². The number of rotatable bonds is 10. The molecule has 0 fully saturated rings. The van der Waals surface area contributed by atoms with Crippen LogP contribution in [0, 0.1) is 0 Å². The van der Waals surface area contributed by atoms with Crippen LogP contribution in [0.3, 0.4) is 0 Å². The van der Waals surface area contributed by atoms with Crippen molar-refractivity contribution in [1.82, 2.24) is 5.32 Å². The van der Waals surface area contributed by atoms with Crippen molar-refractivity contribution in [3.8, 4) is 11.5 Å². The summed E-state index contributed by atoms with van der Waals surface area (Å²) in [5.41, 5.74) is 6.22. The van der Waals surface area contributed by atoms with Gasteiger partial charge in [0.05, 0.1) is 13.7 Å². The van der Waals surface area contributed by atoms with Crippen LogP contribution in [0.2, 0.25) is 0 Å². The molecular weight excluding hydrogens is 435 g/mol. The van der Waals surface area contributed by atoms with Gasteiger partial charge in [-0.3, -0.25) is 0 Å². The molecule has 6 nitrogen and oxygen atoms in total. The van der Waals surface area contributed by atoms with Crippen LogP contribution in [-0.4, -0.2) is 39.4 Å². The van der Waals surface area contributed by atoms with E-state index in [-0.39, 0.29) is 42.2 Å². The van der Waals surface area contributed by atoms with Crippen LogP contribution in [0.5, 0.6) is 11.5 Å². The van der Waals surface area contributed by atoms with Gasteiger partial charge >= 0.3 is 6.61 Å². The Morgan fingerprint density at radius 2 is 2.12 bits per heavy atom. The number of aliphatic imine (C=N–C) groups is 1. The number of ether oxygens (including phenoxy) is 3. The zero-order valence-electron chi connectivity index (χ0n) is 13.8. The second-order valence-electron chi connectivity index (χ2n) is 4.53. The zero-order chi connectivity index (χ0) is 17.1. The number of nitrogens with zero attached hydrogens (tertiary/aromatic N) is 1. The first-order chi connectivity index (χ1) is 11.1. The fraction of sp³-hybridized carbons (Fsp3) is 0.533. The van der Waals surface area contributed by atoms with E-state index in [1.807, 2.05) is 6.92 Å². The standard InChI is InChI=1S/C15H23F2N3O3.HI/c1-3-22-8-4-7-19-15(18)20-10-11-5-6-12(21-2)9-13(11)23-14(16)17;/h5-6,9,14H,3-4,7-8,10H2,1-2H3,(H3,18,19,20);1H. The lowest BCUT2D eigenvalue weighted by molar-refractivity contribution is -0.0505. The Morgan fingerprint density at radius 3 is 2.75 bits per heavy atom. The Balaban J connectivity index is 0.00000529. The molecular formula is C15H24F2IN3O3. The highest BCUT2D eigenvalue weighted by atomic mass is 127. The van der Waals surface area contributed by atoms with Crippen LogP contribution >= 0.6 is 24.0 Å². The van der Waals surface area contributed by atoms with Crippen molar-refractivity contribution in [3.05, 3.63) is 23.8 Å². The van der Waals surface area contributed by atoms with E-state index in [1.54, 1.807) is 12.1 Å². The van der Waals surface area contributed by atoms with E-state index in [0.717, 1.165) is 6.42 Å². The van der Waals surface area contributed by atoms with Crippen molar-refractivity contribution in [2.24, 2.45) is 10.7 Å². The molecule has 0 amide bonds. The summed E-state index contributed by atoms with van der Waals surface area (Å²) in [5, 5.41) is 2.93. The van der Waals surface area contributed by atoms with Crippen molar-refractivity contribution in [2.75, 3.05) is 26.9 Å². The first kappa shape index (κ1) is 22.6. The molecule has 0 saturated carbocycles. The molecule has 0 aliphatic carbocycles. The van der Waals surface area contributed by atoms with Gasteiger partial charge in [0.2, 0.25) is 0 Å². The van der Waals surface area contributed by atoms with Crippen LogP contribution in [0.25, 0.3) is 0 Å². The van der Waals surface area contributed by atoms with Gasteiger partial charge in [-0.15, -0.1) is 24.0 Å². The number of guanidine groups is 1. The fourth-order valence-electron chi connectivity index (χ4n) is 1.76. The van der Waals surface area contributed by atoms with E-state index in [9.17, 15) is 8.78 Å². The molecule has 0 bridgehead atoms. The minimum atomic E-state index is -2.92. The number of hydrogen-bond acceptors (Lipinski definition) is 4. The van der Waals surface area contributed by atoms with E-state index in [0.29, 0.717) is 31.1 Å². The summed E-state index contributed by atoms with van der Waals surface area (Å²) in [6, 6.07) is 4.65. The van der Waals surface area contributed by atoms with Crippen molar-refractivity contribution in [1.29, 1.82) is 0 Å². The number of hydrogen-bond donors (Lipinski definition) is 2. The molecule has 0 unspecified atom stereocenters. The van der Waals surface area contributed by atoms with Gasteiger partial charge in [-0.25, -0.2) is 4.99 Å². The van der Waals surface area contributed by atoms with Crippen LogP contribution in [-0.2, 0) is 11.3 Å². The average molecular weight is 459 g/mol. The summed E-state index contributed by atoms with van der Waals surface area (Å²) in [4.78, 5) is 4.11. The molecule has 138 valence electrons. The number of benzene rings is 1. The largest absolute Gasteiger partial charge is 0.497 e. The first-order valence-electron chi connectivity index (χ1n) is 7.30. The number of nitrogens with two attached hydrogens (primary N) is 1. The second-order valence-corrected chi connectivity index (χ2v) is 4.53. The smallest absolute Gasteiger partial charge is 0.387 e. The Kier molecular flexibility index (Phi) is 12.3. The van der Waals surface area contributed by atoms with Crippen LogP contribution in [0.15, 0.2) is 23.2 Å². The molecule has 0 aromatic heterocycles. The number of alkyl halides is 2. The molecule has 3 N–H and O–H groups in total.